The van der Waals surface area contributed by atoms with Gasteiger partial charge in [0.25, 0.3) is 0 Å². The van der Waals surface area contributed by atoms with Crippen molar-refractivity contribution >= 4 is 11.7 Å². The third kappa shape index (κ3) is 4.15. The summed E-state index contributed by atoms with van der Waals surface area (Å²) < 4.78 is 11.4. The van der Waals surface area contributed by atoms with E-state index in [1.54, 1.807) is 12.4 Å². The van der Waals surface area contributed by atoms with Crippen LogP contribution in [0.25, 0.3) is 0 Å². The Balaban J connectivity index is 1.52. The molecule has 1 atom stereocenters. The number of carbonyl (C=O) groups is 1. The number of fused-ring (bicyclic) bond motifs is 1. The molecule has 1 aromatic carbocycles. The van der Waals surface area contributed by atoms with E-state index in [1.807, 2.05) is 35.2 Å². The van der Waals surface area contributed by atoms with E-state index < -0.39 is 0 Å². The summed E-state index contributed by atoms with van der Waals surface area (Å²) >= 11 is 0. The predicted molar refractivity (Wildman–Crippen MR) is 103 cm³/mol. The van der Waals surface area contributed by atoms with Gasteiger partial charge >= 0.3 is 6.03 Å². The van der Waals surface area contributed by atoms with Gasteiger partial charge in [-0.3, -0.25) is 4.98 Å². The van der Waals surface area contributed by atoms with Crippen molar-refractivity contribution in [2.75, 3.05) is 25.1 Å². The summed E-state index contributed by atoms with van der Waals surface area (Å²) in [4.78, 5) is 19.1. The molecule has 27 heavy (non-hydrogen) atoms. The highest BCUT2D eigenvalue weighted by atomic mass is 16.5. The van der Waals surface area contributed by atoms with Crippen LogP contribution >= 0.6 is 0 Å². The largest absolute Gasteiger partial charge is 0.490 e. The van der Waals surface area contributed by atoms with E-state index in [2.05, 4.69) is 10.3 Å². The second-order valence-corrected chi connectivity index (χ2v) is 6.98. The molecule has 1 fully saturated rings. The Hall–Kier alpha value is -2.76. The molecule has 142 valence electrons. The first kappa shape index (κ1) is 17.6. The molecule has 6 nitrogen and oxygen atoms in total. The Labute approximate surface area is 159 Å². The fourth-order valence-electron chi connectivity index (χ4n) is 3.72. The number of nitrogens with zero attached hydrogens (tertiary/aromatic N) is 2. The number of carbonyl (C=O) groups excluding carboxylic acids is 1. The molecule has 3 heterocycles. The normalized spacial score (nSPS) is 19.7. The molecule has 0 unspecified atom stereocenters. The number of hydrogen-bond donors (Lipinski definition) is 1. The minimum atomic E-state index is -0.0757. The third-order valence-corrected chi connectivity index (χ3v) is 5.10. The second-order valence-electron chi connectivity index (χ2n) is 6.98. The van der Waals surface area contributed by atoms with E-state index in [1.165, 1.54) is 0 Å². The van der Waals surface area contributed by atoms with Gasteiger partial charge < -0.3 is 19.7 Å². The van der Waals surface area contributed by atoms with Crippen molar-refractivity contribution in [2.45, 2.75) is 38.1 Å². The minimum Gasteiger partial charge on any atom is -0.490 e. The third-order valence-electron chi connectivity index (χ3n) is 5.10. The summed E-state index contributed by atoms with van der Waals surface area (Å²) in [5.41, 5.74) is 1.86. The summed E-state index contributed by atoms with van der Waals surface area (Å²) in [6.45, 7) is 2.03. The Morgan fingerprint density at radius 1 is 1.00 bits per heavy atom. The number of pyridine rings is 1. The van der Waals surface area contributed by atoms with Crippen molar-refractivity contribution in [1.82, 2.24) is 9.88 Å². The van der Waals surface area contributed by atoms with Gasteiger partial charge in [-0.05, 0) is 42.7 Å². The molecule has 2 aromatic rings. The van der Waals surface area contributed by atoms with Crippen LogP contribution in [0.3, 0.4) is 0 Å². The number of benzene rings is 1. The molecule has 1 N–H and O–H groups in total. The van der Waals surface area contributed by atoms with Crippen LogP contribution in [0.2, 0.25) is 0 Å². The average molecular weight is 367 g/mol. The maximum Gasteiger partial charge on any atom is 0.322 e. The van der Waals surface area contributed by atoms with Gasteiger partial charge in [-0.1, -0.05) is 12.8 Å². The van der Waals surface area contributed by atoms with Crippen molar-refractivity contribution in [1.29, 1.82) is 0 Å². The molecule has 2 amide bonds. The highest BCUT2D eigenvalue weighted by molar-refractivity contribution is 5.90. The Morgan fingerprint density at radius 2 is 1.81 bits per heavy atom. The van der Waals surface area contributed by atoms with Crippen molar-refractivity contribution in [2.24, 2.45) is 0 Å². The number of urea groups is 1. The van der Waals surface area contributed by atoms with Gasteiger partial charge in [0.2, 0.25) is 0 Å². The first-order valence-electron chi connectivity index (χ1n) is 9.68. The van der Waals surface area contributed by atoms with E-state index in [0.717, 1.165) is 55.6 Å². The van der Waals surface area contributed by atoms with Crippen LogP contribution in [-0.4, -0.2) is 35.7 Å². The number of amides is 2. The van der Waals surface area contributed by atoms with Crippen LogP contribution in [-0.2, 0) is 0 Å². The topological polar surface area (TPSA) is 63.7 Å². The van der Waals surface area contributed by atoms with Crippen LogP contribution in [0, 0.1) is 0 Å². The molecule has 0 spiro atoms. The standard InChI is InChI=1S/C21H25N3O3/c25-21(23-17-6-7-19-20(15-17)27-14-4-13-26-19)24-12-3-1-2-5-18(24)16-8-10-22-11-9-16/h6-11,15,18H,1-5,12-14H2,(H,23,25)/t18-/m1/s1. The van der Waals surface area contributed by atoms with Crippen LogP contribution in [0.5, 0.6) is 11.5 Å². The van der Waals surface area contributed by atoms with Crippen molar-refractivity contribution in [3.63, 3.8) is 0 Å². The number of likely N-dealkylation sites (tertiary alicyclic amines) is 1. The van der Waals surface area contributed by atoms with Crippen LogP contribution in [0.1, 0.15) is 43.7 Å². The molecule has 0 aliphatic carbocycles. The van der Waals surface area contributed by atoms with Gasteiger partial charge in [0.05, 0.1) is 19.3 Å². The van der Waals surface area contributed by atoms with E-state index in [4.69, 9.17) is 9.47 Å². The lowest BCUT2D eigenvalue weighted by atomic mass is 10.0. The molecule has 0 radical (unpaired) electrons. The number of nitrogens with one attached hydrogen (secondary N) is 1. The molecule has 1 aromatic heterocycles. The Morgan fingerprint density at radius 3 is 2.67 bits per heavy atom. The molecule has 6 heteroatoms. The lowest BCUT2D eigenvalue weighted by Gasteiger charge is -2.30. The molecule has 0 bridgehead atoms. The molecular formula is C21H25N3O3. The Kier molecular flexibility index (Phi) is 5.42. The smallest absolute Gasteiger partial charge is 0.322 e. The summed E-state index contributed by atoms with van der Waals surface area (Å²) in [7, 11) is 0. The van der Waals surface area contributed by atoms with Crippen LogP contribution in [0.15, 0.2) is 42.7 Å². The highest BCUT2D eigenvalue weighted by Crippen LogP contribution is 2.34. The van der Waals surface area contributed by atoms with Gasteiger partial charge in [0.15, 0.2) is 11.5 Å². The molecule has 2 aliphatic heterocycles. The van der Waals surface area contributed by atoms with Gasteiger partial charge in [0.1, 0.15) is 0 Å². The molecule has 1 saturated heterocycles. The fraction of sp³-hybridized carbons (Fsp3) is 0.429. The zero-order valence-electron chi connectivity index (χ0n) is 15.4. The summed E-state index contributed by atoms with van der Waals surface area (Å²) in [5.74, 6) is 1.42. The fourth-order valence-corrected chi connectivity index (χ4v) is 3.72. The van der Waals surface area contributed by atoms with Gasteiger partial charge in [-0.2, -0.15) is 0 Å². The zero-order valence-corrected chi connectivity index (χ0v) is 15.4. The monoisotopic (exact) mass is 367 g/mol. The first-order valence-corrected chi connectivity index (χ1v) is 9.68. The van der Waals surface area contributed by atoms with Gasteiger partial charge in [-0.15, -0.1) is 0 Å². The number of ether oxygens (including phenoxy) is 2. The van der Waals surface area contributed by atoms with Crippen molar-refractivity contribution < 1.29 is 14.3 Å². The van der Waals surface area contributed by atoms with Gasteiger partial charge in [-0.25, -0.2) is 4.79 Å². The summed E-state index contributed by atoms with van der Waals surface area (Å²) in [5, 5.41) is 3.05. The van der Waals surface area contributed by atoms with E-state index in [0.29, 0.717) is 19.0 Å². The average Bonchev–Trinajstić information content (AvgIpc) is 3.09. The molecular weight excluding hydrogens is 342 g/mol. The predicted octanol–water partition coefficient (Wildman–Crippen LogP) is 4.39. The van der Waals surface area contributed by atoms with Crippen LogP contribution in [0.4, 0.5) is 10.5 Å². The lowest BCUT2D eigenvalue weighted by molar-refractivity contribution is 0.189. The van der Waals surface area contributed by atoms with Crippen LogP contribution < -0.4 is 14.8 Å². The second kappa shape index (κ2) is 8.29. The van der Waals surface area contributed by atoms with Crippen molar-refractivity contribution in [3.05, 3.63) is 48.3 Å². The quantitative estimate of drug-likeness (QED) is 0.855. The molecule has 2 aliphatic rings. The number of rotatable bonds is 2. The molecule has 4 rings (SSSR count). The first-order chi connectivity index (χ1) is 13.3. The molecule has 0 saturated carbocycles. The van der Waals surface area contributed by atoms with Gasteiger partial charge in [0, 0.05) is 37.1 Å². The van der Waals surface area contributed by atoms with E-state index in [9.17, 15) is 4.79 Å². The summed E-state index contributed by atoms with van der Waals surface area (Å²) in [6, 6.07) is 9.58. The number of anilines is 1. The maximum absolute atomic E-state index is 13.1. The minimum absolute atomic E-state index is 0.0757. The maximum atomic E-state index is 13.1. The zero-order chi connectivity index (χ0) is 18.5. The SMILES string of the molecule is O=C(Nc1ccc2c(c1)OCCCO2)N1CCCCC[C@@H]1c1ccncc1. The van der Waals surface area contributed by atoms with E-state index in [-0.39, 0.29) is 12.1 Å². The highest BCUT2D eigenvalue weighted by Gasteiger charge is 2.27. The lowest BCUT2D eigenvalue weighted by Crippen LogP contribution is -2.38. The Bertz CT molecular complexity index is 781. The summed E-state index contributed by atoms with van der Waals surface area (Å²) in [6.07, 6.45) is 8.71. The van der Waals surface area contributed by atoms with Crippen molar-refractivity contribution in [3.8, 4) is 11.5 Å². The number of hydrogen-bond acceptors (Lipinski definition) is 4. The van der Waals surface area contributed by atoms with E-state index >= 15 is 0 Å². The number of aromatic nitrogens is 1.